The van der Waals surface area contributed by atoms with E-state index in [1.54, 1.807) is 14.2 Å². The van der Waals surface area contributed by atoms with Crippen LogP contribution in [0.15, 0.2) is 18.2 Å². The monoisotopic (exact) mass is 279 g/mol. The van der Waals surface area contributed by atoms with E-state index in [-0.39, 0.29) is 12.0 Å². The number of hydrogen-bond donors (Lipinski definition) is 2. The first-order chi connectivity index (χ1) is 9.73. The molecule has 0 saturated heterocycles. The van der Waals surface area contributed by atoms with E-state index >= 15 is 0 Å². The number of aliphatic hydroxyl groups excluding tert-OH is 1. The maximum absolute atomic E-state index is 9.61. The molecule has 0 bridgehead atoms. The molecule has 1 saturated carbocycles. The molecule has 4 nitrogen and oxygen atoms in total. The molecule has 112 valence electrons. The SMILES string of the molecule is COc1ccc(OC)c(CNCC2(CO)CCCC2)c1. The Morgan fingerprint density at radius 1 is 1.20 bits per heavy atom. The van der Waals surface area contributed by atoms with Gasteiger partial charge in [0.2, 0.25) is 0 Å². The van der Waals surface area contributed by atoms with E-state index in [1.807, 2.05) is 18.2 Å². The largest absolute Gasteiger partial charge is 0.497 e. The summed E-state index contributed by atoms with van der Waals surface area (Å²) in [4.78, 5) is 0. The molecule has 0 aromatic heterocycles. The number of aliphatic hydroxyl groups is 1. The van der Waals surface area contributed by atoms with E-state index in [9.17, 15) is 5.11 Å². The van der Waals surface area contributed by atoms with E-state index in [0.717, 1.165) is 43.0 Å². The molecule has 0 aliphatic heterocycles. The van der Waals surface area contributed by atoms with Gasteiger partial charge in [0.05, 0.1) is 14.2 Å². The lowest BCUT2D eigenvalue weighted by Gasteiger charge is -2.27. The maximum atomic E-state index is 9.61. The molecule has 1 aliphatic rings. The fourth-order valence-corrected chi connectivity index (χ4v) is 3.00. The lowest BCUT2D eigenvalue weighted by atomic mass is 9.87. The Kier molecular flexibility index (Phi) is 5.26. The lowest BCUT2D eigenvalue weighted by Crippen LogP contribution is -2.34. The van der Waals surface area contributed by atoms with Gasteiger partial charge in [0.1, 0.15) is 11.5 Å². The Labute approximate surface area is 121 Å². The van der Waals surface area contributed by atoms with Gasteiger partial charge in [-0.3, -0.25) is 0 Å². The normalized spacial score (nSPS) is 17.1. The van der Waals surface area contributed by atoms with Gasteiger partial charge in [-0.2, -0.15) is 0 Å². The molecule has 1 aromatic carbocycles. The zero-order valence-corrected chi connectivity index (χ0v) is 12.4. The summed E-state index contributed by atoms with van der Waals surface area (Å²) in [5.74, 6) is 1.70. The highest BCUT2D eigenvalue weighted by Gasteiger charge is 2.32. The van der Waals surface area contributed by atoms with Crippen LogP contribution in [-0.2, 0) is 6.54 Å². The van der Waals surface area contributed by atoms with Crippen LogP contribution in [0.5, 0.6) is 11.5 Å². The predicted molar refractivity (Wildman–Crippen MR) is 79.2 cm³/mol. The van der Waals surface area contributed by atoms with Crippen LogP contribution in [-0.4, -0.2) is 32.5 Å². The van der Waals surface area contributed by atoms with Gasteiger partial charge in [0.25, 0.3) is 0 Å². The summed E-state index contributed by atoms with van der Waals surface area (Å²) >= 11 is 0. The lowest BCUT2D eigenvalue weighted by molar-refractivity contribution is 0.128. The van der Waals surface area contributed by atoms with E-state index in [2.05, 4.69) is 5.32 Å². The molecule has 4 heteroatoms. The van der Waals surface area contributed by atoms with Gasteiger partial charge in [-0.25, -0.2) is 0 Å². The first-order valence-corrected chi connectivity index (χ1v) is 7.25. The molecule has 20 heavy (non-hydrogen) atoms. The standard InChI is InChI=1S/C16H25NO3/c1-19-14-5-6-15(20-2)13(9-14)10-17-11-16(12-18)7-3-4-8-16/h5-6,9,17-18H,3-4,7-8,10-12H2,1-2H3. The van der Waals surface area contributed by atoms with Crippen LogP contribution < -0.4 is 14.8 Å². The number of benzene rings is 1. The van der Waals surface area contributed by atoms with E-state index in [1.165, 1.54) is 12.8 Å². The van der Waals surface area contributed by atoms with Gasteiger partial charge in [-0.05, 0) is 31.0 Å². The highest BCUT2D eigenvalue weighted by atomic mass is 16.5. The summed E-state index contributed by atoms with van der Waals surface area (Å²) in [5.41, 5.74) is 1.16. The molecular weight excluding hydrogens is 254 g/mol. The molecule has 2 rings (SSSR count). The van der Waals surface area contributed by atoms with Crippen molar-refractivity contribution in [1.82, 2.24) is 5.32 Å². The quantitative estimate of drug-likeness (QED) is 0.804. The number of nitrogens with one attached hydrogen (secondary N) is 1. The number of methoxy groups -OCH3 is 2. The molecule has 1 aromatic rings. The summed E-state index contributed by atoms with van der Waals surface area (Å²) in [7, 11) is 3.34. The van der Waals surface area contributed by atoms with Crippen molar-refractivity contribution in [2.75, 3.05) is 27.4 Å². The summed E-state index contributed by atoms with van der Waals surface area (Å²) in [6.45, 7) is 1.85. The van der Waals surface area contributed by atoms with Crippen molar-refractivity contribution in [3.63, 3.8) is 0 Å². The summed E-state index contributed by atoms with van der Waals surface area (Å²) < 4.78 is 10.6. The van der Waals surface area contributed by atoms with Gasteiger partial charge in [0, 0.05) is 30.7 Å². The zero-order valence-electron chi connectivity index (χ0n) is 12.4. The molecular formula is C16H25NO3. The second-order valence-corrected chi connectivity index (χ2v) is 5.65. The van der Waals surface area contributed by atoms with Crippen LogP contribution in [0.3, 0.4) is 0 Å². The molecule has 0 spiro atoms. The second kappa shape index (κ2) is 6.95. The average molecular weight is 279 g/mol. The Bertz CT molecular complexity index is 428. The summed E-state index contributed by atoms with van der Waals surface area (Å²) in [6, 6.07) is 5.81. The molecule has 2 N–H and O–H groups in total. The van der Waals surface area contributed by atoms with Crippen molar-refractivity contribution in [1.29, 1.82) is 0 Å². The smallest absolute Gasteiger partial charge is 0.123 e. The van der Waals surface area contributed by atoms with Gasteiger partial charge in [-0.15, -0.1) is 0 Å². The number of hydrogen-bond acceptors (Lipinski definition) is 4. The van der Waals surface area contributed by atoms with Gasteiger partial charge < -0.3 is 19.9 Å². The maximum Gasteiger partial charge on any atom is 0.123 e. The van der Waals surface area contributed by atoms with Crippen LogP contribution in [0.2, 0.25) is 0 Å². The van der Waals surface area contributed by atoms with Gasteiger partial charge in [-0.1, -0.05) is 12.8 Å². The first-order valence-electron chi connectivity index (χ1n) is 7.25. The second-order valence-electron chi connectivity index (χ2n) is 5.65. The van der Waals surface area contributed by atoms with Crippen LogP contribution in [0.1, 0.15) is 31.2 Å². The third kappa shape index (κ3) is 3.44. The average Bonchev–Trinajstić information content (AvgIpc) is 2.96. The topological polar surface area (TPSA) is 50.7 Å². The van der Waals surface area contributed by atoms with Gasteiger partial charge in [0.15, 0.2) is 0 Å². The molecule has 1 fully saturated rings. The van der Waals surface area contributed by atoms with Crippen molar-refractivity contribution in [3.8, 4) is 11.5 Å². The Balaban J connectivity index is 1.96. The molecule has 0 amide bonds. The van der Waals surface area contributed by atoms with Crippen molar-refractivity contribution >= 4 is 0 Å². The van der Waals surface area contributed by atoms with Crippen molar-refractivity contribution < 1.29 is 14.6 Å². The fraction of sp³-hybridized carbons (Fsp3) is 0.625. The van der Waals surface area contributed by atoms with E-state index in [4.69, 9.17) is 9.47 Å². The molecule has 1 aliphatic carbocycles. The fourth-order valence-electron chi connectivity index (χ4n) is 3.00. The number of ether oxygens (including phenoxy) is 2. The highest BCUT2D eigenvalue weighted by molar-refractivity contribution is 5.40. The first kappa shape index (κ1) is 15.1. The van der Waals surface area contributed by atoms with Crippen molar-refractivity contribution in [2.45, 2.75) is 32.2 Å². The Morgan fingerprint density at radius 3 is 2.55 bits per heavy atom. The minimum Gasteiger partial charge on any atom is -0.497 e. The predicted octanol–water partition coefficient (Wildman–Crippen LogP) is 2.35. The minimum absolute atomic E-state index is 0.0755. The van der Waals surface area contributed by atoms with Crippen LogP contribution in [0.4, 0.5) is 0 Å². The minimum atomic E-state index is 0.0755. The molecule has 0 atom stereocenters. The summed E-state index contributed by atoms with van der Waals surface area (Å²) in [5, 5.41) is 13.1. The zero-order chi connectivity index (χ0) is 14.4. The molecule has 0 heterocycles. The van der Waals surface area contributed by atoms with Crippen molar-refractivity contribution in [3.05, 3.63) is 23.8 Å². The van der Waals surface area contributed by atoms with Crippen LogP contribution >= 0.6 is 0 Å². The number of rotatable bonds is 7. The third-order valence-corrected chi connectivity index (χ3v) is 4.30. The highest BCUT2D eigenvalue weighted by Crippen LogP contribution is 2.37. The van der Waals surface area contributed by atoms with Crippen molar-refractivity contribution in [2.24, 2.45) is 5.41 Å². The Morgan fingerprint density at radius 2 is 1.95 bits per heavy atom. The van der Waals surface area contributed by atoms with E-state index < -0.39 is 0 Å². The Hall–Kier alpha value is -1.26. The van der Waals surface area contributed by atoms with Crippen LogP contribution in [0, 0.1) is 5.41 Å². The van der Waals surface area contributed by atoms with Crippen LogP contribution in [0.25, 0.3) is 0 Å². The molecule has 0 unspecified atom stereocenters. The third-order valence-electron chi connectivity index (χ3n) is 4.30. The van der Waals surface area contributed by atoms with Gasteiger partial charge >= 0.3 is 0 Å². The van der Waals surface area contributed by atoms with E-state index in [0.29, 0.717) is 0 Å². The summed E-state index contributed by atoms with van der Waals surface area (Å²) in [6.07, 6.45) is 4.69. The molecule has 0 radical (unpaired) electrons.